The van der Waals surface area contributed by atoms with Crippen LogP contribution in [0.4, 0.5) is 0 Å². The molecule has 4 radical (unpaired) electrons. The van der Waals surface area contributed by atoms with Crippen molar-refractivity contribution in [3.63, 3.8) is 0 Å². The summed E-state index contributed by atoms with van der Waals surface area (Å²) in [6.45, 7) is 0. The summed E-state index contributed by atoms with van der Waals surface area (Å²) in [6.07, 6.45) is 0. The van der Waals surface area contributed by atoms with Crippen molar-refractivity contribution in [2.45, 2.75) is 0 Å². The largest absolute Gasteiger partial charge is 0.153 e. The first-order chi connectivity index (χ1) is 0. The molecule has 0 saturated carbocycles. The maximum absolute atomic E-state index is 0. The number of rotatable bonds is 0. The van der Waals surface area contributed by atoms with Crippen LogP contribution in [0.2, 0.25) is 0 Å². The monoisotopic (exact) mass is 206 g/mol. The summed E-state index contributed by atoms with van der Waals surface area (Å²) in [7, 11) is 0. The molecule has 0 saturated heterocycles. The van der Waals surface area contributed by atoms with Gasteiger partial charge in [0.2, 0.25) is 0 Å². The molecule has 0 aliphatic carbocycles. The Hall–Kier alpha value is 2.03. The molecular formula is H6GeP2Zn. The van der Waals surface area contributed by atoms with Crippen molar-refractivity contribution in [3.8, 4) is 0 Å². The van der Waals surface area contributed by atoms with Crippen molar-refractivity contribution in [3.05, 3.63) is 0 Å². The third kappa shape index (κ3) is 8.98. The number of hydrogen-bond acceptors (Lipinski definition) is 0. The van der Waals surface area contributed by atoms with Gasteiger partial charge in [-0.2, -0.15) is 19.8 Å². The molecule has 2 unspecified atom stereocenters. The fraction of sp³-hybridized carbons (Fsp3) is 0. The van der Waals surface area contributed by atoms with Gasteiger partial charge >= 0.3 is 0 Å². The van der Waals surface area contributed by atoms with Crippen LogP contribution < -0.4 is 0 Å². The van der Waals surface area contributed by atoms with Crippen molar-refractivity contribution in [2.24, 2.45) is 0 Å². The summed E-state index contributed by atoms with van der Waals surface area (Å²) in [5.74, 6) is 0. The third-order valence-electron chi connectivity index (χ3n) is 0. The van der Waals surface area contributed by atoms with E-state index in [0.29, 0.717) is 0 Å². The van der Waals surface area contributed by atoms with Gasteiger partial charge in [0.15, 0.2) is 0 Å². The molecule has 0 aromatic carbocycles. The first-order valence-corrected chi connectivity index (χ1v) is 0. The summed E-state index contributed by atoms with van der Waals surface area (Å²) >= 11 is 0. The molecule has 0 N–H and O–H groups in total. The van der Waals surface area contributed by atoms with Crippen LogP contribution in [0.3, 0.4) is 0 Å². The summed E-state index contributed by atoms with van der Waals surface area (Å²) < 4.78 is 0. The van der Waals surface area contributed by atoms with Crippen LogP contribution in [-0.2, 0) is 19.5 Å². The van der Waals surface area contributed by atoms with Crippen molar-refractivity contribution < 1.29 is 19.5 Å². The SMILES string of the molecule is P.P.[Ge].[Zn]. The predicted octanol–water partition coefficient (Wildman–Crippen LogP) is -0.267. The standard InChI is InChI=1S/Ge.2H3P.Zn/h;2*1H3;. The van der Waals surface area contributed by atoms with E-state index in [1.807, 2.05) is 0 Å². The van der Waals surface area contributed by atoms with Crippen LogP contribution in [0.25, 0.3) is 0 Å². The zero-order valence-corrected chi connectivity index (χ0v) is 10.5. The Morgan fingerprint density at radius 1 is 0.750 bits per heavy atom. The van der Waals surface area contributed by atoms with Crippen LogP contribution in [0, 0.1) is 0 Å². The average Bonchev–Trinajstić information content (AvgIpc) is 0. The molecular weight excluding hydrogens is 200 g/mol. The zero-order chi connectivity index (χ0) is 0. The fourth-order valence-electron chi connectivity index (χ4n) is 0. The zero-order valence-electron chi connectivity index (χ0n) is 2.62. The maximum Gasteiger partial charge on any atom is 0 e. The van der Waals surface area contributed by atoms with Crippen LogP contribution in [0.5, 0.6) is 0 Å². The smallest absolute Gasteiger partial charge is 0 e. The van der Waals surface area contributed by atoms with Gasteiger partial charge < -0.3 is 0 Å². The summed E-state index contributed by atoms with van der Waals surface area (Å²) in [5, 5.41) is 0. The van der Waals surface area contributed by atoms with Gasteiger partial charge in [0.05, 0.1) is 0 Å². The molecule has 4 heteroatoms. The quantitative estimate of drug-likeness (QED) is 0.378. The Morgan fingerprint density at radius 2 is 0.750 bits per heavy atom. The van der Waals surface area contributed by atoms with E-state index in [9.17, 15) is 0 Å². The van der Waals surface area contributed by atoms with Gasteiger partial charge in [0.1, 0.15) is 0 Å². The van der Waals surface area contributed by atoms with Gasteiger partial charge in [-0.15, -0.1) is 0 Å². The van der Waals surface area contributed by atoms with E-state index in [2.05, 4.69) is 0 Å². The molecule has 0 aromatic heterocycles. The Bertz CT molecular complexity index is 6.00. The summed E-state index contributed by atoms with van der Waals surface area (Å²) in [4.78, 5) is 0. The van der Waals surface area contributed by atoms with Gasteiger partial charge in [-0.3, -0.25) is 0 Å². The topological polar surface area (TPSA) is 0 Å². The maximum atomic E-state index is 0. The van der Waals surface area contributed by atoms with Gasteiger partial charge in [0, 0.05) is 37.1 Å². The Morgan fingerprint density at radius 3 is 0.750 bits per heavy atom. The molecule has 0 spiro atoms. The third-order valence-corrected chi connectivity index (χ3v) is 0. The van der Waals surface area contributed by atoms with E-state index >= 15 is 0 Å². The van der Waals surface area contributed by atoms with E-state index < -0.39 is 0 Å². The van der Waals surface area contributed by atoms with Crippen LogP contribution in [-0.4, -0.2) is 17.6 Å². The van der Waals surface area contributed by atoms with E-state index in [1.54, 1.807) is 0 Å². The molecule has 22 valence electrons. The molecule has 0 heterocycles. The van der Waals surface area contributed by atoms with Crippen molar-refractivity contribution in [1.29, 1.82) is 0 Å². The molecule has 0 aliphatic rings. The summed E-state index contributed by atoms with van der Waals surface area (Å²) in [5.41, 5.74) is 0. The second-order valence-corrected chi connectivity index (χ2v) is 0. The summed E-state index contributed by atoms with van der Waals surface area (Å²) in [6, 6.07) is 0. The van der Waals surface area contributed by atoms with Gasteiger partial charge in [-0.1, -0.05) is 0 Å². The molecule has 0 bridgehead atoms. The normalized spacial score (nSPS) is 0. The molecule has 0 nitrogen and oxygen atoms in total. The van der Waals surface area contributed by atoms with E-state index in [-0.39, 0.29) is 56.9 Å². The minimum absolute atomic E-state index is 0. The molecule has 0 fully saturated rings. The molecule has 4 heavy (non-hydrogen) atoms. The van der Waals surface area contributed by atoms with Crippen LogP contribution in [0.15, 0.2) is 0 Å². The molecule has 0 aromatic rings. The number of hydrogen-bond donors (Lipinski definition) is 0. The van der Waals surface area contributed by atoms with E-state index in [1.165, 1.54) is 0 Å². The average molecular weight is 206 g/mol. The van der Waals surface area contributed by atoms with E-state index in [0.717, 1.165) is 0 Å². The van der Waals surface area contributed by atoms with Crippen LogP contribution in [0.1, 0.15) is 0 Å². The predicted molar refractivity (Wildman–Crippen MR) is 28.0 cm³/mol. The van der Waals surface area contributed by atoms with Crippen molar-refractivity contribution >= 4 is 37.4 Å². The second-order valence-electron chi connectivity index (χ2n) is 0. The molecule has 0 aliphatic heterocycles. The first-order valence-electron chi connectivity index (χ1n) is 0. The van der Waals surface area contributed by atoms with Gasteiger partial charge in [0.25, 0.3) is 0 Å². The molecule has 0 rings (SSSR count). The minimum Gasteiger partial charge on any atom is -0.153 e. The molecule has 2 atom stereocenters. The van der Waals surface area contributed by atoms with Crippen molar-refractivity contribution in [1.82, 2.24) is 0 Å². The van der Waals surface area contributed by atoms with Crippen molar-refractivity contribution in [2.75, 3.05) is 0 Å². The minimum atomic E-state index is 0. The Kier molecular flexibility index (Phi) is 184. The van der Waals surface area contributed by atoms with Crippen LogP contribution >= 0.6 is 19.8 Å². The first kappa shape index (κ1) is 37.1. The molecule has 0 amide bonds. The Labute approximate surface area is 56.9 Å². The Balaban J connectivity index is 0. The van der Waals surface area contributed by atoms with Gasteiger partial charge in [-0.25, -0.2) is 0 Å². The van der Waals surface area contributed by atoms with E-state index in [4.69, 9.17) is 0 Å². The van der Waals surface area contributed by atoms with Gasteiger partial charge in [-0.05, 0) is 0 Å². The second kappa shape index (κ2) is 19.8. The fourth-order valence-corrected chi connectivity index (χ4v) is 0.